The van der Waals surface area contributed by atoms with Crippen molar-refractivity contribution in [1.82, 2.24) is 19.7 Å². The van der Waals surface area contributed by atoms with E-state index in [1.165, 1.54) is 0 Å². The molecule has 0 amide bonds. The molecule has 2 aromatic heterocycles. The summed E-state index contributed by atoms with van der Waals surface area (Å²) in [7, 11) is 1.67. The summed E-state index contributed by atoms with van der Waals surface area (Å²) in [6.45, 7) is 1.69. The van der Waals surface area contributed by atoms with E-state index in [2.05, 4.69) is 15.2 Å². The minimum absolute atomic E-state index is 0.206. The molecule has 0 aromatic carbocycles. The van der Waals surface area contributed by atoms with Crippen LogP contribution in [-0.4, -0.2) is 19.7 Å². The lowest BCUT2D eigenvalue weighted by molar-refractivity contribution is -0.141. The molecule has 2 heterocycles. The van der Waals surface area contributed by atoms with E-state index in [4.69, 9.17) is 0 Å². The molecule has 0 radical (unpaired) electrons. The van der Waals surface area contributed by atoms with Crippen LogP contribution in [0.3, 0.4) is 0 Å². The van der Waals surface area contributed by atoms with Crippen LogP contribution in [0.4, 0.5) is 13.2 Å². The van der Waals surface area contributed by atoms with Crippen LogP contribution in [0, 0.1) is 6.92 Å². The Morgan fingerprint density at radius 2 is 1.93 bits per heavy atom. The molecule has 2 rings (SSSR count). The maximum atomic E-state index is 12.3. The molecule has 7 heteroatoms. The third kappa shape index (κ3) is 1.53. The maximum absolute atomic E-state index is 12.3. The number of rotatable bonds is 0. The Labute approximate surface area is 82.8 Å². The minimum Gasteiger partial charge on any atom is -0.315 e. The van der Waals surface area contributed by atoms with Gasteiger partial charge in [-0.1, -0.05) is 0 Å². The standard InChI is InChI=1S/C8H7F3N4/c1-4-12-5-3-6(8(9,10)11)13-14-7(5)15(4)2/h3H,1-2H3. The van der Waals surface area contributed by atoms with Crippen LogP contribution < -0.4 is 0 Å². The Kier molecular flexibility index (Phi) is 1.92. The zero-order chi connectivity index (χ0) is 11.2. The molecule has 0 fully saturated rings. The van der Waals surface area contributed by atoms with Gasteiger partial charge in [-0.2, -0.15) is 13.2 Å². The van der Waals surface area contributed by atoms with Gasteiger partial charge < -0.3 is 4.57 Å². The molecule has 0 bridgehead atoms. The van der Waals surface area contributed by atoms with E-state index in [1.807, 2.05) is 0 Å². The fourth-order valence-corrected chi connectivity index (χ4v) is 1.24. The minimum atomic E-state index is -4.48. The second kappa shape index (κ2) is 2.91. The van der Waals surface area contributed by atoms with Gasteiger partial charge >= 0.3 is 6.18 Å². The number of aryl methyl sites for hydroxylation is 2. The molecule has 0 spiro atoms. The first-order chi connectivity index (χ1) is 6.89. The monoisotopic (exact) mass is 216 g/mol. The average molecular weight is 216 g/mol. The van der Waals surface area contributed by atoms with Crippen molar-refractivity contribution in [1.29, 1.82) is 0 Å². The number of halogens is 3. The molecule has 0 aliphatic rings. The molecule has 0 saturated heterocycles. The van der Waals surface area contributed by atoms with Gasteiger partial charge in [0.25, 0.3) is 0 Å². The molecule has 0 aliphatic carbocycles. The van der Waals surface area contributed by atoms with Crippen molar-refractivity contribution in [3.8, 4) is 0 Å². The first kappa shape index (κ1) is 9.88. The Balaban J connectivity index is 2.67. The lowest BCUT2D eigenvalue weighted by Gasteiger charge is -2.03. The fourth-order valence-electron chi connectivity index (χ4n) is 1.24. The maximum Gasteiger partial charge on any atom is 0.435 e. The van der Waals surface area contributed by atoms with E-state index >= 15 is 0 Å². The van der Waals surface area contributed by atoms with Crippen molar-refractivity contribution in [3.63, 3.8) is 0 Å². The normalized spacial score (nSPS) is 12.3. The number of imidazole rings is 1. The number of hydrogen-bond donors (Lipinski definition) is 0. The smallest absolute Gasteiger partial charge is 0.315 e. The SMILES string of the molecule is Cc1nc2cc(C(F)(F)F)nnc2n1C. The second-order valence-corrected chi connectivity index (χ2v) is 3.15. The van der Waals surface area contributed by atoms with Gasteiger partial charge in [-0.05, 0) is 6.92 Å². The van der Waals surface area contributed by atoms with Crippen LogP contribution >= 0.6 is 0 Å². The average Bonchev–Trinajstić information content (AvgIpc) is 2.41. The first-order valence-corrected chi connectivity index (χ1v) is 4.13. The zero-order valence-corrected chi connectivity index (χ0v) is 8.00. The molecule has 0 N–H and O–H groups in total. The summed E-state index contributed by atoms with van der Waals surface area (Å²) < 4.78 is 38.4. The highest BCUT2D eigenvalue weighted by Crippen LogP contribution is 2.28. The highest BCUT2D eigenvalue weighted by atomic mass is 19.4. The molecule has 15 heavy (non-hydrogen) atoms. The van der Waals surface area contributed by atoms with Crippen LogP contribution in [-0.2, 0) is 13.2 Å². The number of alkyl halides is 3. The van der Waals surface area contributed by atoms with Crippen LogP contribution in [0.25, 0.3) is 11.2 Å². The summed E-state index contributed by atoms with van der Waals surface area (Å²) in [6.07, 6.45) is -4.48. The highest BCUT2D eigenvalue weighted by molar-refractivity contribution is 5.71. The highest BCUT2D eigenvalue weighted by Gasteiger charge is 2.33. The lowest BCUT2D eigenvalue weighted by Crippen LogP contribution is -2.09. The third-order valence-corrected chi connectivity index (χ3v) is 2.13. The van der Waals surface area contributed by atoms with Gasteiger partial charge in [-0.25, -0.2) is 4.98 Å². The number of aromatic nitrogens is 4. The molecule has 0 saturated carbocycles. The van der Waals surface area contributed by atoms with Crippen molar-refractivity contribution in [2.75, 3.05) is 0 Å². The number of hydrogen-bond acceptors (Lipinski definition) is 3. The Morgan fingerprint density at radius 3 is 2.53 bits per heavy atom. The van der Waals surface area contributed by atoms with E-state index in [-0.39, 0.29) is 5.52 Å². The quantitative estimate of drug-likeness (QED) is 0.673. The summed E-state index contributed by atoms with van der Waals surface area (Å²) in [5.41, 5.74) is -0.467. The summed E-state index contributed by atoms with van der Waals surface area (Å²) in [5.74, 6) is 0.596. The van der Waals surface area contributed by atoms with Crippen LogP contribution in [0.5, 0.6) is 0 Å². The van der Waals surface area contributed by atoms with Gasteiger partial charge in [0.1, 0.15) is 11.3 Å². The molecule has 2 aromatic rings. The van der Waals surface area contributed by atoms with Crippen LogP contribution in [0.15, 0.2) is 6.07 Å². The van der Waals surface area contributed by atoms with E-state index < -0.39 is 11.9 Å². The molecular formula is C8H7F3N4. The molecule has 4 nitrogen and oxygen atoms in total. The molecular weight excluding hydrogens is 209 g/mol. The molecule has 0 unspecified atom stereocenters. The van der Waals surface area contributed by atoms with Crippen LogP contribution in [0.2, 0.25) is 0 Å². The summed E-state index contributed by atoms with van der Waals surface area (Å²) in [6, 6.07) is 0.898. The Bertz CT molecular complexity index is 514. The van der Waals surface area contributed by atoms with Gasteiger partial charge in [0.05, 0.1) is 0 Å². The van der Waals surface area contributed by atoms with Gasteiger partial charge in [0, 0.05) is 13.1 Å². The van der Waals surface area contributed by atoms with Crippen molar-refractivity contribution in [3.05, 3.63) is 17.6 Å². The lowest BCUT2D eigenvalue weighted by atomic mass is 10.3. The molecule has 0 atom stereocenters. The number of nitrogens with zero attached hydrogens (tertiary/aromatic N) is 4. The van der Waals surface area contributed by atoms with Crippen molar-refractivity contribution >= 4 is 11.2 Å². The van der Waals surface area contributed by atoms with Gasteiger partial charge in [-0.3, -0.25) is 0 Å². The summed E-state index contributed by atoms with van der Waals surface area (Å²) >= 11 is 0. The first-order valence-electron chi connectivity index (χ1n) is 4.13. The van der Waals surface area contributed by atoms with Crippen molar-refractivity contribution in [2.24, 2.45) is 7.05 Å². The van der Waals surface area contributed by atoms with Crippen molar-refractivity contribution in [2.45, 2.75) is 13.1 Å². The van der Waals surface area contributed by atoms with Crippen molar-refractivity contribution < 1.29 is 13.2 Å². The third-order valence-electron chi connectivity index (χ3n) is 2.13. The van der Waals surface area contributed by atoms with Gasteiger partial charge in [0.2, 0.25) is 0 Å². The summed E-state index contributed by atoms with van der Waals surface area (Å²) in [4.78, 5) is 3.95. The fraction of sp³-hybridized carbons (Fsp3) is 0.375. The van der Waals surface area contributed by atoms with E-state index in [0.29, 0.717) is 11.5 Å². The van der Waals surface area contributed by atoms with E-state index in [1.54, 1.807) is 18.5 Å². The predicted octanol–water partition coefficient (Wildman–Crippen LogP) is 1.69. The zero-order valence-electron chi connectivity index (χ0n) is 8.00. The molecule has 80 valence electrons. The topological polar surface area (TPSA) is 43.6 Å². The largest absolute Gasteiger partial charge is 0.435 e. The number of fused-ring (bicyclic) bond motifs is 1. The molecule has 0 aliphatic heterocycles. The Morgan fingerprint density at radius 1 is 1.27 bits per heavy atom. The second-order valence-electron chi connectivity index (χ2n) is 3.15. The predicted molar refractivity (Wildman–Crippen MR) is 46.0 cm³/mol. The van der Waals surface area contributed by atoms with E-state index in [0.717, 1.165) is 6.07 Å². The van der Waals surface area contributed by atoms with E-state index in [9.17, 15) is 13.2 Å². The Hall–Kier alpha value is -1.66. The summed E-state index contributed by atoms with van der Waals surface area (Å²) in [5, 5.41) is 6.61. The van der Waals surface area contributed by atoms with Gasteiger partial charge in [-0.15, -0.1) is 10.2 Å². The van der Waals surface area contributed by atoms with Gasteiger partial charge in [0.15, 0.2) is 11.3 Å². The van der Waals surface area contributed by atoms with Crippen LogP contribution in [0.1, 0.15) is 11.5 Å².